The van der Waals surface area contributed by atoms with E-state index in [1.165, 1.54) is 5.56 Å². The Morgan fingerprint density at radius 2 is 1.75 bits per heavy atom. The summed E-state index contributed by atoms with van der Waals surface area (Å²) in [7, 11) is 0. The largest absolute Gasteiger partial charge is 0.399 e. The minimum Gasteiger partial charge on any atom is -0.399 e. The molecule has 0 atom stereocenters. The number of nitrogens with zero attached hydrogens (tertiary/aromatic N) is 1. The fourth-order valence-corrected chi connectivity index (χ4v) is 2.73. The average Bonchev–Trinajstić information content (AvgIpc) is 2.60. The summed E-state index contributed by atoms with van der Waals surface area (Å²) in [5.74, 6) is -0.0857. The molecule has 4 nitrogen and oxygen atoms in total. The summed E-state index contributed by atoms with van der Waals surface area (Å²) in [5, 5.41) is 3.02. The molecule has 2 aromatic rings. The fraction of sp³-hybridized carbons (Fsp3) is 0.350. The molecule has 2 aromatic carbocycles. The van der Waals surface area contributed by atoms with Crippen LogP contribution >= 0.6 is 0 Å². The fourth-order valence-electron chi connectivity index (χ4n) is 2.73. The minimum atomic E-state index is -0.0857. The molecule has 4 heteroatoms. The summed E-state index contributed by atoms with van der Waals surface area (Å²) in [4.78, 5) is 14.8. The number of anilines is 1. The number of nitrogens with two attached hydrogens (primary N) is 1. The monoisotopic (exact) mass is 325 g/mol. The van der Waals surface area contributed by atoms with E-state index in [2.05, 4.69) is 36.2 Å². The van der Waals surface area contributed by atoms with Gasteiger partial charge in [0.2, 0.25) is 0 Å². The van der Waals surface area contributed by atoms with Crippen LogP contribution in [0.4, 0.5) is 5.69 Å². The highest BCUT2D eigenvalue weighted by Gasteiger charge is 2.11. The molecule has 0 aliphatic carbocycles. The Hall–Kier alpha value is -2.33. The van der Waals surface area contributed by atoms with Crippen molar-refractivity contribution in [2.45, 2.75) is 33.9 Å². The second kappa shape index (κ2) is 8.50. The van der Waals surface area contributed by atoms with Crippen molar-refractivity contribution in [1.82, 2.24) is 10.2 Å². The van der Waals surface area contributed by atoms with Gasteiger partial charge in [-0.1, -0.05) is 44.2 Å². The number of carbonyl (C=O) groups is 1. The number of benzene rings is 2. The van der Waals surface area contributed by atoms with Crippen LogP contribution in [-0.2, 0) is 13.1 Å². The molecule has 0 saturated heterocycles. The SMILES string of the molecule is CCN(CC)Cc1ccccc1CNC(=O)c1cc(N)ccc1C. The molecule has 0 aromatic heterocycles. The van der Waals surface area contributed by atoms with Gasteiger partial charge in [0, 0.05) is 24.3 Å². The number of nitrogen functional groups attached to an aromatic ring is 1. The van der Waals surface area contributed by atoms with Gasteiger partial charge in [-0.3, -0.25) is 9.69 Å². The van der Waals surface area contributed by atoms with Crippen LogP contribution < -0.4 is 11.1 Å². The number of hydrogen-bond acceptors (Lipinski definition) is 3. The Bertz CT molecular complexity index is 693. The third kappa shape index (κ3) is 4.59. The van der Waals surface area contributed by atoms with E-state index >= 15 is 0 Å². The Kier molecular flexibility index (Phi) is 6.38. The lowest BCUT2D eigenvalue weighted by Gasteiger charge is -2.20. The molecule has 0 heterocycles. The first-order valence-electron chi connectivity index (χ1n) is 8.48. The summed E-state index contributed by atoms with van der Waals surface area (Å²) in [6.07, 6.45) is 0. The Morgan fingerprint density at radius 1 is 1.08 bits per heavy atom. The van der Waals surface area contributed by atoms with Crippen LogP contribution in [0.25, 0.3) is 0 Å². The summed E-state index contributed by atoms with van der Waals surface area (Å²) in [6.45, 7) is 9.69. The van der Waals surface area contributed by atoms with E-state index in [4.69, 9.17) is 5.73 Å². The predicted octanol–water partition coefficient (Wildman–Crippen LogP) is 3.35. The third-order valence-electron chi connectivity index (χ3n) is 4.35. The molecule has 0 aliphatic heterocycles. The second-order valence-electron chi connectivity index (χ2n) is 5.99. The van der Waals surface area contributed by atoms with Gasteiger partial charge in [0.15, 0.2) is 0 Å². The van der Waals surface area contributed by atoms with Gasteiger partial charge in [-0.15, -0.1) is 0 Å². The van der Waals surface area contributed by atoms with Crippen LogP contribution in [0.1, 0.15) is 40.9 Å². The van der Waals surface area contributed by atoms with Crippen molar-refractivity contribution < 1.29 is 4.79 Å². The maximum atomic E-state index is 12.5. The molecular formula is C20H27N3O. The van der Waals surface area contributed by atoms with Crippen LogP contribution in [0.3, 0.4) is 0 Å². The van der Waals surface area contributed by atoms with Crippen LogP contribution in [0.2, 0.25) is 0 Å². The van der Waals surface area contributed by atoms with Gasteiger partial charge < -0.3 is 11.1 Å². The van der Waals surface area contributed by atoms with Crippen LogP contribution in [0.15, 0.2) is 42.5 Å². The lowest BCUT2D eigenvalue weighted by Crippen LogP contribution is -2.26. The minimum absolute atomic E-state index is 0.0857. The van der Waals surface area contributed by atoms with Gasteiger partial charge >= 0.3 is 0 Å². The summed E-state index contributed by atoms with van der Waals surface area (Å²) in [6, 6.07) is 13.7. The summed E-state index contributed by atoms with van der Waals surface area (Å²) < 4.78 is 0. The summed E-state index contributed by atoms with van der Waals surface area (Å²) >= 11 is 0. The number of amides is 1. The lowest BCUT2D eigenvalue weighted by atomic mass is 10.1. The first kappa shape index (κ1) is 18.0. The Morgan fingerprint density at radius 3 is 2.42 bits per heavy atom. The number of nitrogens with one attached hydrogen (secondary N) is 1. The first-order chi connectivity index (χ1) is 11.5. The molecule has 2 rings (SSSR count). The van der Waals surface area contributed by atoms with Crippen molar-refractivity contribution in [1.29, 1.82) is 0 Å². The van der Waals surface area contributed by atoms with Crippen LogP contribution in [-0.4, -0.2) is 23.9 Å². The molecule has 0 fully saturated rings. The smallest absolute Gasteiger partial charge is 0.251 e. The van der Waals surface area contributed by atoms with E-state index in [0.29, 0.717) is 17.8 Å². The number of hydrogen-bond donors (Lipinski definition) is 2. The molecular weight excluding hydrogens is 298 g/mol. The molecule has 0 spiro atoms. The number of rotatable bonds is 7. The van der Waals surface area contributed by atoms with E-state index in [1.807, 2.05) is 31.2 Å². The maximum absolute atomic E-state index is 12.5. The Balaban J connectivity index is 2.09. The van der Waals surface area contributed by atoms with E-state index in [0.717, 1.165) is 30.8 Å². The van der Waals surface area contributed by atoms with Gasteiger partial charge in [-0.2, -0.15) is 0 Å². The molecule has 0 radical (unpaired) electrons. The highest BCUT2D eigenvalue weighted by atomic mass is 16.1. The zero-order valence-electron chi connectivity index (χ0n) is 14.8. The Labute approximate surface area is 144 Å². The van der Waals surface area contributed by atoms with Crippen molar-refractivity contribution in [3.05, 3.63) is 64.7 Å². The van der Waals surface area contributed by atoms with Crippen molar-refractivity contribution in [3.8, 4) is 0 Å². The molecule has 0 bridgehead atoms. The van der Waals surface area contributed by atoms with Crippen molar-refractivity contribution >= 4 is 11.6 Å². The van der Waals surface area contributed by atoms with E-state index in [9.17, 15) is 4.79 Å². The van der Waals surface area contributed by atoms with Crippen molar-refractivity contribution in [2.75, 3.05) is 18.8 Å². The molecule has 0 aliphatic rings. The van der Waals surface area contributed by atoms with Gasteiger partial charge in [-0.25, -0.2) is 0 Å². The van der Waals surface area contributed by atoms with Crippen LogP contribution in [0.5, 0.6) is 0 Å². The summed E-state index contributed by atoms with van der Waals surface area (Å²) in [5.41, 5.74) is 10.4. The predicted molar refractivity (Wildman–Crippen MR) is 99.8 cm³/mol. The quantitative estimate of drug-likeness (QED) is 0.768. The molecule has 128 valence electrons. The third-order valence-corrected chi connectivity index (χ3v) is 4.35. The van der Waals surface area contributed by atoms with Gasteiger partial charge in [0.25, 0.3) is 5.91 Å². The van der Waals surface area contributed by atoms with E-state index in [-0.39, 0.29) is 5.91 Å². The van der Waals surface area contributed by atoms with Crippen LogP contribution in [0, 0.1) is 6.92 Å². The normalized spacial score (nSPS) is 10.8. The van der Waals surface area contributed by atoms with Crippen molar-refractivity contribution in [2.24, 2.45) is 0 Å². The average molecular weight is 325 g/mol. The lowest BCUT2D eigenvalue weighted by molar-refractivity contribution is 0.0950. The molecule has 1 amide bonds. The van der Waals surface area contributed by atoms with E-state index < -0.39 is 0 Å². The highest BCUT2D eigenvalue weighted by Crippen LogP contribution is 2.14. The molecule has 24 heavy (non-hydrogen) atoms. The standard InChI is InChI=1S/C20H27N3O/c1-4-23(5-2)14-17-9-7-6-8-16(17)13-22-20(24)19-12-18(21)11-10-15(19)3/h6-12H,4-5,13-14,21H2,1-3H3,(H,22,24). The topological polar surface area (TPSA) is 58.4 Å². The zero-order valence-corrected chi connectivity index (χ0v) is 14.8. The van der Waals surface area contributed by atoms with Gasteiger partial charge in [-0.05, 0) is 48.8 Å². The van der Waals surface area contributed by atoms with Crippen molar-refractivity contribution in [3.63, 3.8) is 0 Å². The zero-order chi connectivity index (χ0) is 17.5. The van der Waals surface area contributed by atoms with E-state index in [1.54, 1.807) is 6.07 Å². The molecule has 3 N–H and O–H groups in total. The second-order valence-corrected chi connectivity index (χ2v) is 5.99. The first-order valence-corrected chi connectivity index (χ1v) is 8.48. The maximum Gasteiger partial charge on any atom is 0.251 e. The highest BCUT2D eigenvalue weighted by molar-refractivity contribution is 5.96. The number of aryl methyl sites for hydroxylation is 1. The molecule has 0 unspecified atom stereocenters. The number of carbonyl (C=O) groups excluding carboxylic acids is 1. The molecule has 0 saturated carbocycles. The van der Waals surface area contributed by atoms with Gasteiger partial charge in [0.1, 0.15) is 0 Å². The van der Waals surface area contributed by atoms with Gasteiger partial charge in [0.05, 0.1) is 0 Å².